The summed E-state index contributed by atoms with van der Waals surface area (Å²) in [6.45, 7) is 10.1. The predicted molar refractivity (Wildman–Crippen MR) is 89.6 cm³/mol. The number of rotatable bonds is 3. The van der Waals surface area contributed by atoms with E-state index in [1.54, 1.807) is 0 Å². The van der Waals surface area contributed by atoms with Crippen molar-refractivity contribution in [2.24, 2.45) is 5.92 Å². The van der Waals surface area contributed by atoms with E-state index in [9.17, 15) is 4.79 Å². The fourth-order valence-corrected chi connectivity index (χ4v) is 3.26. The number of carbonyl (C=O) groups excluding carboxylic acids is 1. The van der Waals surface area contributed by atoms with E-state index in [0.717, 1.165) is 41.9 Å². The van der Waals surface area contributed by atoms with Crippen molar-refractivity contribution in [2.45, 2.75) is 40.5 Å². The Morgan fingerprint density at radius 1 is 1.35 bits per heavy atom. The molecule has 6 nitrogen and oxygen atoms in total. The zero-order valence-corrected chi connectivity index (χ0v) is 14.3. The predicted octanol–water partition coefficient (Wildman–Crippen LogP) is 2.50. The van der Waals surface area contributed by atoms with Gasteiger partial charge >= 0.3 is 0 Å². The number of piperidine rings is 1. The van der Waals surface area contributed by atoms with Crippen LogP contribution in [0.25, 0.3) is 11.1 Å². The standard InChI is InChI=1S/C17H24N4O2/c1-5-18-16(22)13-7-6-8-21(9-13)15-14-10(2)11(3)23-17(14)20-12(4)19-15/h13H,5-9H2,1-4H3,(H,18,22). The highest BCUT2D eigenvalue weighted by Gasteiger charge is 2.28. The normalized spacial score (nSPS) is 18.4. The summed E-state index contributed by atoms with van der Waals surface area (Å²) >= 11 is 0. The average molecular weight is 316 g/mol. The maximum Gasteiger partial charge on any atom is 0.231 e. The lowest BCUT2D eigenvalue weighted by atomic mass is 9.97. The topological polar surface area (TPSA) is 71.3 Å². The summed E-state index contributed by atoms with van der Waals surface area (Å²) in [5, 5.41) is 3.91. The van der Waals surface area contributed by atoms with Gasteiger partial charge in [-0.05, 0) is 40.5 Å². The Morgan fingerprint density at radius 2 is 2.13 bits per heavy atom. The Hall–Kier alpha value is -2.11. The van der Waals surface area contributed by atoms with Gasteiger partial charge in [0.25, 0.3) is 0 Å². The number of amides is 1. The summed E-state index contributed by atoms with van der Waals surface area (Å²) in [7, 11) is 0. The third-order valence-corrected chi connectivity index (χ3v) is 4.56. The van der Waals surface area contributed by atoms with Crippen molar-refractivity contribution in [1.29, 1.82) is 0 Å². The van der Waals surface area contributed by atoms with Crippen LogP contribution < -0.4 is 10.2 Å². The molecule has 1 saturated heterocycles. The Labute approximate surface area is 136 Å². The summed E-state index contributed by atoms with van der Waals surface area (Å²) in [5.74, 6) is 2.62. The molecule has 1 fully saturated rings. The lowest BCUT2D eigenvalue weighted by molar-refractivity contribution is -0.125. The SMILES string of the molecule is CCNC(=O)C1CCCN(c2nc(C)nc3oc(C)c(C)c23)C1. The molecule has 0 bridgehead atoms. The minimum Gasteiger partial charge on any atom is -0.443 e. The number of aromatic nitrogens is 2. The van der Waals surface area contributed by atoms with Gasteiger partial charge in [0.1, 0.15) is 17.4 Å². The quantitative estimate of drug-likeness (QED) is 0.942. The van der Waals surface area contributed by atoms with Crippen molar-refractivity contribution in [3.05, 3.63) is 17.1 Å². The highest BCUT2D eigenvalue weighted by Crippen LogP contribution is 2.33. The molecule has 3 heterocycles. The van der Waals surface area contributed by atoms with Crippen LogP contribution in [0.1, 0.15) is 36.9 Å². The second-order valence-electron chi connectivity index (χ2n) is 6.24. The highest BCUT2D eigenvalue weighted by atomic mass is 16.3. The van der Waals surface area contributed by atoms with E-state index in [2.05, 4.69) is 20.2 Å². The first-order valence-corrected chi connectivity index (χ1v) is 8.28. The molecular formula is C17H24N4O2. The van der Waals surface area contributed by atoms with Crippen LogP contribution in [0.15, 0.2) is 4.42 Å². The van der Waals surface area contributed by atoms with Crippen molar-refractivity contribution in [3.63, 3.8) is 0 Å². The van der Waals surface area contributed by atoms with Gasteiger partial charge in [-0.2, -0.15) is 4.98 Å². The molecule has 1 aliphatic rings. The van der Waals surface area contributed by atoms with E-state index < -0.39 is 0 Å². The van der Waals surface area contributed by atoms with Crippen LogP contribution in [0.2, 0.25) is 0 Å². The maximum absolute atomic E-state index is 12.2. The Kier molecular flexibility index (Phi) is 4.24. The van der Waals surface area contributed by atoms with Crippen LogP contribution in [0.3, 0.4) is 0 Å². The van der Waals surface area contributed by atoms with Crippen LogP contribution in [0.5, 0.6) is 0 Å². The summed E-state index contributed by atoms with van der Waals surface area (Å²) in [5.41, 5.74) is 1.72. The van der Waals surface area contributed by atoms with Crippen LogP contribution in [0.4, 0.5) is 5.82 Å². The minimum absolute atomic E-state index is 0.0160. The molecule has 1 N–H and O–H groups in total. The van der Waals surface area contributed by atoms with Crippen LogP contribution >= 0.6 is 0 Å². The number of nitrogens with zero attached hydrogens (tertiary/aromatic N) is 3. The molecule has 1 amide bonds. The van der Waals surface area contributed by atoms with E-state index in [1.165, 1.54) is 0 Å². The van der Waals surface area contributed by atoms with Gasteiger partial charge in [0.05, 0.1) is 11.3 Å². The molecule has 0 radical (unpaired) electrons. The lowest BCUT2D eigenvalue weighted by Gasteiger charge is -2.33. The van der Waals surface area contributed by atoms with E-state index in [1.807, 2.05) is 27.7 Å². The average Bonchev–Trinajstić information content (AvgIpc) is 2.81. The molecule has 3 rings (SSSR count). The van der Waals surface area contributed by atoms with Gasteiger partial charge in [-0.25, -0.2) is 4.98 Å². The number of hydrogen-bond donors (Lipinski definition) is 1. The number of anilines is 1. The van der Waals surface area contributed by atoms with E-state index in [-0.39, 0.29) is 11.8 Å². The first-order chi connectivity index (χ1) is 11.0. The smallest absolute Gasteiger partial charge is 0.231 e. The number of carbonyl (C=O) groups is 1. The second-order valence-corrected chi connectivity index (χ2v) is 6.24. The number of hydrogen-bond acceptors (Lipinski definition) is 5. The first-order valence-electron chi connectivity index (χ1n) is 8.28. The molecule has 1 atom stereocenters. The Bertz CT molecular complexity index is 738. The highest BCUT2D eigenvalue weighted by molar-refractivity contribution is 5.90. The second kappa shape index (κ2) is 6.18. The molecule has 0 saturated carbocycles. The van der Waals surface area contributed by atoms with Crippen LogP contribution in [-0.4, -0.2) is 35.5 Å². The zero-order valence-electron chi connectivity index (χ0n) is 14.3. The third-order valence-electron chi connectivity index (χ3n) is 4.56. The molecule has 6 heteroatoms. The van der Waals surface area contributed by atoms with E-state index >= 15 is 0 Å². The molecule has 2 aromatic rings. The van der Waals surface area contributed by atoms with Crippen LogP contribution in [-0.2, 0) is 4.79 Å². The van der Waals surface area contributed by atoms with Gasteiger partial charge in [0, 0.05) is 25.2 Å². The number of aryl methyl sites for hydroxylation is 3. The molecule has 124 valence electrons. The third kappa shape index (κ3) is 2.90. The summed E-state index contributed by atoms with van der Waals surface area (Å²) < 4.78 is 5.77. The molecule has 0 aromatic carbocycles. The molecule has 1 unspecified atom stereocenters. The number of furan rings is 1. The number of fused-ring (bicyclic) bond motifs is 1. The molecule has 0 spiro atoms. The summed E-state index contributed by atoms with van der Waals surface area (Å²) in [6.07, 6.45) is 1.92. The summed E-state index contributed by atoms with van der Waals surface area (Å²) in [6, 6.07) is 0. The van der Waals surface area contributed by atoms with E-state index in [4.69, 9.17) is 4.42 Å². The fourth-order valence-electron chi connectivity index (χ4n) is 3.26. The van der Waals surface area contributed by atoms with Gasteiger partial charge in [-0.3, -0.25) is 4.79 Å². The molecule has 1 aliphatic heterocycles. The number of nitrogens with one attached hydrogen (secondary N) is 1. The molecular weight excluding hydrogens is 292 g/mol. The molecule has 2 aromatic heterocycles. The Morgan fingerprint density at radius 3 is 2.87 bits per heavy atom. The monoisotopic (exact) mass is 316 g/mol. The first kappa shape index (κ1) is 15.8. The van der Waals surface area contributed by atoms with E-state index in [0.29, 0.717) is 24.6 Å². The largest absolute Gasteiger partial charge is 0.443 e. The molecule has 0 aliphatic carbocycles. The summed E-state index contributed by atoms with van der Waals surface area (Å²) in [4.78, 5) is 23.5. The van der Waals surface area contributed by atoms with Gasteiger partial charge in [0.2, 0.25) is 11.6 Å². The lowest BCUT2D eigenvalue weighted by Crippen LogP contribution is -2.43. The minimum atomic E-state index is 0.0160. The maximum atomic E-state index is 12.2. The van der Waals surface area contributed by atoms with Crippen molar-refractivity contribution >= 4 is 22.8 Å². The van der Waals surface area contributed by atoms with Gasteiger partial charge in [0.15, 0.2) is 0 Å². The fraction of sp³-hybridized carbons (Fsp3) is 0.588. The Balaban J connectivity index is 1.97. The van der Waals surface area contributed by atoms with Gasteiger partial charge < -0.3 is 14.6 Å². The van der Waals surface area contributed by atoms with Crippen molar-refractivity contribution in [1.82, 2.24) is 15.3 Å². The van der Waals surface area contributed by atoms with Crippen LogP contribution in [0, 0.1) is 26.7 Å². The van der Waals surface area contributed by atoms with Gasteiger partial charge in [-0.1, -0.05) is 0 Å². The molecule has 23 heavy (non-hydrogen) atoms. The van der Waals surface area contributed by atoms with Gasteiger partial charge in [-0.15, -0.1) is 0 Å². The van der Waals surface area contributed by atoms with Crippen molar-refractivity contribution in [3.8, 4) is 0 Å². The zero-order chi connectivity index (χ0) is 16.6. The van der Waals surface area contributed by atoms with Crippen molar-refractivity contribution in [2.75, 3.05) is 24.5 Å². The van der Waals surface area contributed by atoms with Crippen molar-refractivity contribution < 1.29 is 9.21 Å².